The second-order valence-corrected chi connectivity index (χ2v) is 5.42. The Bertz CT molecular complexity index is 534. The Balaban J connectivity index is 1.79. The van der Waals surface area contributed by atoms with Gasteiger partial charge < -0.3 is 9.30 Å². The van der Waals surface area contributed by atoms with E-state index in [1.54, 1.807) is 6.20 Å². The smallest absolute Gasteiger partial charge is 0.123 e. The molecule has 0 radical (unpaired) electrons. The Morgan fingerprint density at radius 2 is 2.35 bits per heavy atom. The highest BCUT2D eigenvalue weighted by atomic mass is 16.5. The average molecular weight is 275 g/mol. The fourth-order valence-electron chi connectivity index (χ4n) is 2.68. The molecule has 0 aliphatic carbocycles. The number of H-pyrrole nitrogens is 1. The zero-order chi connectivity index (χ0) is 13.9. The lowest BCUT2D eigenvalue weighted by molar-refractivity contribution is -0.0159. The van der Waals surface area contributed by atoms with E-state index in [0.29, 0.717) is 12.6 Å². The monoisotopic (exact) mass is 275 g/mol. The van der Waals surface area contributed by atoms with Crippen LogP contribution in [0.25, 0.3) is 0 Å². The maximum Gasteiger partial charge on any atom is 0.123 e. The van der Waals surface area contributed by atoms with Crippen LogP contribution in [0.2, 0.25) is 0 Å². The number of hydrogen-bond acceptors (Lipinski definition) is 4. The van der Waals surface area contributed by atoms with E-state index >= 15 is 0 Å². The highest BCUT2D eigenvalue weighted by Gasteiger charge is 2.26. The fraction of sp³-hybridized carbons (Fsp3) is 0.571. The van der Waals surface area contributed by atoms with E-state index in [-0.39, 0.29) is 6.04 Å². The quantitative estimate of drug-likeness (QED) is 0.923. The van der Waals surface area contributed by atoms with Gasteiger partial charge in [-0.3, -0.25) is 10.00 Å². The van der Waals surface area contributed by atoms with Crippen LogP contribution in [0.4, 0.5) is 0 Å². The van der Waals surface area contributed by atoms with Crippen molar-refractivity contribution in [3.63, 3.8) is 0 Å². The summed E-state index contributed by atoms with van der Waals surface area (Å²) in [6.07, 6.45) is 5.71. The predicted octanol–water partition coefficient (Wildman–Crippen LogP) is 1.76. The van der Waals surface area contributed by atoms with E-state index in [1.807, 2.05) is 18.5 Å². The van der Waals surface area contributed by atoms with Crippen LogP contribution in [0.3, 0.4) is 0 Å². The Morgan fingerprint density at radius 1 is 1.45 bits per heavy atom. The Kier molecular flexibility index (Phi) is 3.84. The minimum Gasteiger partial charge on any atom is -0.378 e. The van der Waals surface area contributed by atoms with Gasteiger partial charge in [0.25, 0.3) is 0 Å². The van der Waals surface area contributed by atoms with Gasteiger partial charge in [-0.15, -0.1) is 0 Å². The van der Waals surface area contributed by atoms with Gasteiger partial charge in [-0.05, 0) is 19.9 Å². The number of hydrogen-bond donors (Lipinski definition) is 1. The Morgan fingerprint density at radius 3 is 3.10 bits per heavy atom. The van der Waals surface area contributed by atoms with Gasteiger partial charge in [0, 0.05) is 31.2 Å². The van der Waals surface area contributed by atoms with Crippen LogP contribution >= 0.6 is 0 Å². The first-order valence-corrected chi connectivity index (χ1v) is 7.08. The second-order valence-electron chi connectivity index (χ2n) is 5.42. The highest BCUT2D eigenvalue weighted by Crippen LogP contribution is 2.24. The summed E-state index contributed by atoms with van der Waals surface area (Å²) in [4.78, 5) is 6.90. The first-order valence-electron chi connectivity index (χ1n) is 7.08. The van der Waals surface area contributed by atoms with Gasteiger partial charge in [0.2, 0.25) is 0 Å². The van der Waals surface area contributed by atoms with Crippen molar-refractivity contribution >= 4 is 0 Å². The molecule has 1 N–H and O–H groups in total. The number of nitrogens with zero attached hydrogens (tertiary/aromatic N) is 4. The molecular weight excluding hydrogens is 254 g/mol. The highest BCUT2D eigenvalue weighted by molar-refractivity contribution is 5.07. The number of aromatic amines is 1. The molecule has 3 heterocycles. The van der Waals surface area contributed by atoms with Crippen LogP contribution in [0.5, 0.6) is 0 Å². The molecule has 2 aromatic rings. The minimum absolute atomic E-state index is 0.226. The summed E-state index contributed by atoms with van der Waals surface area (Å²) in [5, 5.41) is 7.10. The molecule has 1 aliphatic heterocycles. The SMILES string of the molecule is CC(C)n1ccnc1CN1CCOCC1c1ccn[nH]1. The molecule has 108 valence electrons. The average Bonchev–Trinajstić information content (AvgIpc) is 3.09. The van der Waals surface area contributed by atoms with Crippen molar-refractivity contribution in [1.82, 2.24) is 24.6 Å². The number of rotatable bonds is 4. The lowest BCUT2D eigenvalue weighted by atomic mass is 10.1. The van der Waals surface area contributed by atoms with E-state index in [4.69, 9.17) is 4.74 Å². The lowest BCUT2D eigenvalue weighted by Crippen LogP contribution is -2.39. The van der Waals surface area contributed by atoms with Crippen molar-refractivity contribution < 1.29 is 4.74 Å². The van der Waals surface area contributed by atoms with Gasteiger partial charge in [0.05, 0.1) is 31.5 Å². The van der Waals surface area contributed by atoms with Gasteiger partial charge in [-0.1, -0.05) is 0 Å². The summed E-state index contributed by atoms with van der Waals surface area (Å²) in [6.45, 7) is 7.57. The molecule has 1 aliphatic rings. The fourth-order valence-corrected chi connectivity index (χ4v) is 2.68. The molecule has 1 atom stereocenters. The van der Waals surface area contributed by atoms with Gasteiger partial charge in [0.1, 0.15) is 5.82 Å². The second kappa shape index (κ2) is 5.76. The normalized spacial score (nSPS) is 20.6. The van der Waals surface area contributed by atoms with Crippen molar-refractivity contribution in [3.05, 3.63) is 36.2 Å². The standard InChI is InChI=1S/C14H21N5O/c1-11(2)19-6-5-15-14(19)9-18-7-8-20-10-13(18)12-3-4-16-17-12/h3-6,11,13H,7-10H2,1-2H3,(H,16,17). The minimum atomic E-state index is 0.226. The molecule has 0 saturated carbocycles. The molecule has 6 nitrogen and oxygen atoms in total. The summed E-state index contributed by atoms with van der Waals surface area (Å²) in [5.41, 5.74) is 1.10. The van der Waals surface area contributed by atoms with Gasteiger partial charge in [0.15, 0.2) is 0 Å². The topological polar surface area (TPSA) is 59.0 Å². The predicted molar refractivity (Wildman–Crippen MR) is 75.2 cm³/mol. The molecule has 1 fully saturated rings. The molecule has 0 aromatic carbocycles. The molecule has 20 heavy (non-hydrogen) atoms. The van der Waals surface area contributed by atoms with Crippen LogP contribution in [-0.2, 0) is 11.3 Å². The maximum atomic E-state index is 5.62. The van der Waals surface area contributed by atoms with Crippen molar-refractivity contribution in [2.45, 2.75) is 32.5 Å². The third kappa shape index (κ3) is 2.62. The van der Waals surface area contributed by atoms with Gasteiger partial charge in [-0.25, -0.2) is 4.98 Å². The van der Waals surface area contributed by atoms with Crippen molar-refractivity contribution in [3.8, 4) is 0 Å². The van der Waals surface area contributed by atoms with E-state index in [1.165, 1.54) is 0 Å². The molecule has 3 rings (SSSR count). The molecule has 0 amide bonds. The van der Waals surface area contributed by atoms with Crippen LogP contribution in [0.15, 0.2) is 24.7 Å². The van der Waals surface area contributed by atoms with E-state index in [0.717, 1.165) is 31.2 Å². The summed E-state index contributed by atoms with van der Waals surface area (Å²) < 4.78 is 7.84. The molecule has 6 heteroatoms. The lowest BCUT2D eigenvalue weighted by Gasteiger charge is -2.34. The van der Waals surface area contributed by atoms with Crippen LogP contribution in [-0.4, -0.2) is 44.4 Å². The van der Waals surface area contributed by atoms with Gasteiger partial charge >= 0.3 is 0 Å². The van der Waals surface area contributed by atoms with Crippen molar-refractivity contribution in [1.29, 1.82) is 0 Å². The maximum absolute atomic E-state index is 5.62. The number of ether oxygens (including phenoxy) is 1. The zero-order valence-electron chi connectivity index (χ0n) is 12.0. The summed E-state index contributed by atoms with van der Waals surface area (Å²) in [5.74, 6) is 1.10. The van der Waals surface area contributed by atoms with E-state index in [2.05, 4.69) is 38.5 Å². The van der Waals surface area contributed by atoms with Crippen LogP contribution in [0, 0.1) is 0 Å². The Hall–Kier alpha value is -1.66. The largest absolute Gasteiger partial charge is 0.378 e. The number of imidazole rings is 1. The van der Waals surface area contributed by atoms with Crippen molar-refractivity contribution in [2.24, 2.45) is 0 Å². The first kappa shape index (κ1) is 13.3. The van der Waals surface area contributed by atoms with Crippen LogP contribution < -0.4 is 0 Å². The summed E-state index contributed by atoms with van der Waals surface area (Å²) >= 11 is 0. The molecule has 1 unspecified atom stereocenters. The number of morpholine rings is 1. The Labute approximate surface area is 118 Å². The molecule has 0 bridgehead atoms. The van der Waals surface area contributed by atoms with E-state index in [9.17, 15) is 0 Å². The summed E-state index contributed by atoms with van der Waals surface area (Å²) in [6, 6.07) is 2.67. The third-order valence-corrected chi connectivity index (χ3v) is 3.77. The molecule has 1 saturated heterocycles. The number of nitrogens with one attached hydrogen (secondary N) is 1. The van der Waals surface area contributed by atoms with E-state index < -0.39 is 0 Å². The third-order valence-electron chi connectivity index (χ3n) is 3.77. The van der Waals surface area contributed by atoms with Gasteiger partial charge in [-0.2, -0.15) is 5.10 Å². The summed E-state index contributed by atoms with van der Waals surface area (Å²) in [7, 11) is 0. The first-order chi connectivity index (χ1) is 9.75. The number of aromatic nitrogens is 4. The van der Waals surface area contributed by atoms with Crippen molar-refractivity contribution in [2.75, 3.05) is 19.8 Å². The van der Waals surface area contributed by atoms with Crippen LogP contribution in [0.1, 0.15) is 37.4 Å². The molecule has 0 spiro atoms. The molecule has 2 aromatic heterocycles. The zero-order valence-corrected chi connectivity index (χ0v) is 12.0. The molecular formula is C14H21N5O.